The fraction of sp³-hybridized carbons (Fsp3) is 0.294. The number of para-hydroxylation sites is 1. The highest BCUT2D eigenvalue weighted by molar-refractivity contribution is 5.83. The van der Waals surface area contributed by atoms with Crippen LogP contribution >= 0.6 is 0 Å². The van der Waals surface area contributed by atoms with E-state index in [4.69, 9.17) is 4.74 Å². The van der Waals surface area contributed by atoms with Crippen LogP contribution in [-0.2, 0) is 0 Å². The average Bonchev–Trinajstić information content (AvgIpc) is 2.54. The van der Waals surface area contributed by atoms with E-state index in [9.17, 15) is 0 Å². The minimum absolute atomic E-state index is 0.718. The highest BCUT2D eigenvalue weighted by Gasteiger charge is 2.00. The van der Waals surface area contributed by atoms with Crippen LogP contribution in [0.15, 0.2) is 53.8 Å². The number of nitrogens with one attached hydrogen (secondary N) is 1. The summed E-state index contributed by atoms with van der Waals surface area (Å²) < 4.78 is 5.81. The number of pyridine rings is 1. The Kier molecular flexibility index (Phi) is 6.26. The second-order valence-electron chi connectivity index (χ2n) is 4.68. The average molecular weight is 283 g/mol. The maximum absolute atomic E-state index is 5.81. The van der Waals surface area contributed by atoms with Gasteiger partial charge in [0.15, 0.2) is 0 Å². The number of hydrogen-bond acceptors (Lipinski definition) is 4. The molecule has 1 aromatic carbocycles. The summed E-state index contributed by atoms with van der Waals surface area (Å²) in [5, 5.41) is 4.20. The Balaban J connectivity index is 1.92. The Morgan fingerprint density at radius 2 is 2.00 bits per heavy atom. The summed E-state index contributed by atoms with van der Waals surface area (Å²) in [6.07, 6.45) is 6.94. The van der Waals surface area contributed by atoms with Crippen molar-refractivity contribution in [3.8, 4) is 5.75 Å². The lowest BCUT2D eigenvalue weighted by atomic mass is 10.2. The van der Waals surface area contributed by atoms with Crippen LogP contribution in [0.25, 0.3) is 0 Å². The van der Waals surface area contributed by atoms with Crippen molar-refractivity contribution in [2.45, 2.75) is 26.2 Å². The van der Waals surface area contributed by atoms with E-state index >= 15 is 0 Å². The second-order valence-corrected chi connectivity index (χ2v) is 4.68. The molecule has 0 unspecified atom stereocenters. The number of nitrogens with zero attached hydrogens (tertiary/aromatic N) is 2. The van der Waals surface area contributed by atoms with Gasteiger partial charge >= 0.3 is 0 Å². The molecule has 1 N–H and O–H groups in total. The topological polar surface area (TPSA) is 46.5 Å². The van der Waals surface area contributed by atoms with Crippen LogP contribution < -0.4 is 10.2 Å². The molecule has 0 atom stereocenters. The van der Waals surface area contributed by atoms with Gasteiger partial charge in [0.05, 0.1) is 12.8 Å². The Hall–Kier alpha value is -2.36. The van der Waals surface area contributed by atoms with E-state index in [2.05, 4.69) is 22.4 Å². The molecule has 1 heterocycles. The molecular formula is C17H21N3O. The zero-order chi connectivity index (χ0) is 14.8. The Labute approximate surface area is 125 Å². The normalized spacial score (nSPS) is 10.7. The lowest BCUT2D eigenvalue weighted by Crippen LogP contribution is -2.00. The summed E-state index contributed by atoms with van der Waals surface area (Å²) in [7, 11) is 0. The number of benzene rings is 1. The number of unbranched alkanes of at least 4 members (excludes halogenated alkanes) is 2. The summed E-state index contributed by atoms with van der Waals surface area (Å²) in [5.41, 5.74) is 3.86. The predicted octanol–water partition coefficient (Wildman–Crippen LogP) is 4.10. The number of hydrogen-bond donors (Lipinski definition) is 1. The van der Waals surface area contributed by atoms with Gasteiger partial charge < -0.3 is 4.74 Å². The van der Waals surface area contributed by atoms with Gasteiger partial charge in [-0.25, -0.2) is 4.98 Å². The van der Waals surface area contributed by atoms with Crippen LogP contribution in [0.3, 0.4) is 0 Å². The van der Waals surface area contributed by atoms with Crippen molar-refractivity contribution in [2.75, 3.05) is 12.0 Å². The number of aromatic nitrogens is 1. The molecule has 1 aromatic heterocycles. The third kappa shape index (κ3) is 5.26. The molecule has 2 aromatic rings. The Morgan fingerprint density at radius 1 is 1.14 bits per heavy atom. The van der Waals surface area contributed by atoms with Gasteiger partial charge in [-0.05, 0) is 30.7 Å². The third-order valence-corrected chi connectivity index (χ3v) is 2.97. The van der Waals surface area contributed by atoms with Crippen molar-refractivity contribution in [1.82, 2.24) is 4.98 Å². The highest BCUT2D eigenvalue weighted by atomic mass is 16.5. The number of hydrazone groups is 1. The van der Waals surface area contributed by atoms with Crippen LogP contribution in [0.2, 0.25) is 0 Å². The van der Waals surface area contributed by atoms with Gasteiger partial charge in [0.25, 0.3) is 0 Å². The third-order valence-electron chi connectivity index (χ3n) is 2.97. The predicted molar refractivity (Wildman–Crippen MR) is 86.9 cm³/mol. The van der Waals surface area contributed by atoms with E-state index in [1.165, 1.54) is 12.8 Å². The summed E-state index contributed by atoms with van der Waals surface area (Å²) >= 11 is 0. The summed E-state index contributed by atoms with van der Waals surface area (Å²) in [5.74, 6) is 1.58. The maximum Gasteiger partial charge on any atom is 0.146 e. The molecule has 4 nitrogen and oxygen atoms in total. The van der Waals surface area contributed by atoms with E-state index in [1.807, 2.05) is 42.5 Å². The first-order valence-electron chi connectivity index (χ1n) is 7.32. The van der Waals surface area contributed by atoms with Gasteiger partial charge in [-0.3, -0.25) is 5.43 Å². The molecule has 0 saturated carbocycles. The van der Waals surface area contributed by atoms with Crippen LogP contribution in [0.4, 0.5) is 5.82 Å². The summed E-state index contributed by atoms with van der Waals surface area (Å²) in [6.45, 7) is 2.93. The van der Waals surface area contributed by atoms with Crippen LogP contribution in [0, 0.1) is 0 Å². The van der Waals surface area contributed by atoms with Crippen molar-refractivity contribution in [3.63, 3.8) is 0 Å². The van der Waals surface area contributed by atoms with Crippen molar-refractivity contribution in [3.05, 3.63) is 54.2 Å². The van der Waals surface area contributed by atoms with Crippen LogP contribution in [0.1, 0.15) is 31.7 Å². The molecule has 4 heteroatoms. The van der Waals surface area contributed by atoms with Crippen LogP contribution in [-0.4, -0.2) is 17.8 Å². The Morgan fingerprint density at radius 3 is 2.81 bits per heavy atom. The molecule has 0 aliphatic rings. The van der Waals surface area contributed by atoms with Crippen LogP contribution in [0.5, 0.6) is 5.75 Å². The molecule has 2 rings (SSSR count). The quantitative estimate of drug-likeness (QED) is 0.451. The van der Waals surface area contributed by atoms with Crippen molar-refractivity contribution >= 4 is 12.0 Å². The second kappa shape index (κ2) is 8.74. The largest absolute Gasteiger partial charge is 0.493 e. The monoisotopic (exact) mass is 283 g/mol. The van der Waals surface area contributed by atoms with Gasteiger partial charge in [0, 0.05) is 11.8 Å². The molecule has 0 fully saturated rings. The highest BCUT2D eigenvalue weighted by Crippen LogP contribution is 2.16. The molecule has 0 aliphatic heterocycles. The number of anilines is 1. The maximum atomic E-state index is 5.81. The van der Waals surface area contributed by atoms with Gasteiger partial charge in [0.2, 0.25) is 0 Å². The van der Waals surface area contributed by atoms with Crippen molar-refractivity contribution < 1.29 is 4.74 Å². The molecule has 0 radical (unpaired) electrons. The summed E-state index contributed by atoms with van der Waals surface area (Å²) in [6, 6.07) is 13.5. The van der Waals surface area contributed by atoms with Gasteiger partial charge in [-0.15, -0.1) is 0 Å². The van der Waals surface area contributed by atoms with E-state index in [1.54, 1.807) is 12.4 Å². The molecular weight excluding hydrogens is 262 g/mol. The molecule has 21 heavy (non-hydrogen) atoms. The lowest BCUT2D eigenvalue weighted by Gasteiger charge is -2.08. The molecule has 110 valence electrons. The number of ether oxygens (including phenoxy) is 1. The van der Waals surface area contributed by atoms with E-state index < -0.39 is 0 Å². The van der Waals surface area contributed by atoms with Crippen molar-refractivity contribution in [2.24, 2.45) is 5.10 Å². The SMILES string of the molecule is CCCCCOc1ccccc1C=NNc1ccccn1. The fourth-order valence-corrected chi connectivity index (χ4v) is 1.85. The minimum Gasteiger partial charge on any atom is -0.493 e. The smallest absolute Gasteiger partial charge is 0.146 e. The van der Waals surface area contributed by atoms with E-state index in [-0.39, 0.29) is 0 Å². The van der Waals surface area contributed by atoms with Gasteiger partial charge in [-0.1, -0.05) is 38.0 Å². The van der Waals surface area contributed by atoms with E-state index in [0.717, 1.165) is 30.2 Å². The molecule has 0 saturated heterocycles. The lowest BCUT2D eigenvalue weighted by molar-refractivity contribution is 0.306. The minimum atomic E-state index is 0.718. The molecule has 0 spiro atoms. The molecule has 0 amide bonds. The first kappa shape index (κ1) is 15.0. The van der Waals surface area contributed by atoms with Gasteiger partial charge in [-0.2, -0.15) is 5.10 Å². The Bertz CT molecular complexity index is 555. The molecule has 0 bridgehead atoms. The first-order chi connectivity index (χ1) is 10.4. The van der Waals surface area contributed by atoms with E-state index in [0.29, 0.717) is 0 Å². The van der Waals surface area contributed by atoms with Crippen molar-refractivity contribution in [1.29, 1.82) is 0 Å². The zero-order valence-corrected chi connectivity index (χ0v) is 12.3. The summed E-state index contributed by atoms with van der Waals surface area (Å²) in [4.78, 5) is 4.15. The van der Waals surface area contributed by atoms with Gasteiger partial charge in [0.1, 0.15) is 11.6 Å². The fourth-order valence-electron chi connectivity index (χ4n) is 1.85. The zero-order valence-electron chi connectivity index (χ0n) is 12.3. The molecule has 0 aliphatic carbocycles. The first-order valence-corrected chi connectivity index (χ1v) is 7.32. The number of rotatable bonds is 8. The standard InChI is InChI=1S/C17H21N3O/c1-2-3-8-13-21-16-10-5-4-9-15(16)14-19-20-17-11-6-7-12-18-17/h4-7,9-12,14H,2-3,8,13H2,1H3,(H,18,20).